The van der Waals surface area contributed by atoms with Crippen LogP contribution in [0, 0.1) is 12.8 Å². The number of hydrogen-bond acceptors (Lipinski definition) is 5. The first-order chi connectivity index (χ1) is 14.6. The van der Waals surface area contributed by atoms with Crippen molar-refractivity contribution in [2.24, 2.45) is 18.7 Å². The van der Waals surface area contributed by atoms with Crippen molar-refractivity contribution in [3.8, 4) is 5.75 Å². The van der Waals surface area contributed by atoms with E-state index in [1.54, 1.807) is 24.8 Å². The standard InChI is InChI=1S/C24H29N3O4/c1-13-5-6-16(31-4)8-18(13)23-9-15-12-26(2)20(15)24(23,30)10-14-7-17(21(25)28)22(29)27(3)19(14)11-23/h5-8,15,20,30H,9-12H2,1-4H3,(H2,25,28)/t15?,20-,23-,24-/m1/s1. The van der Waals surface area contributed by atoms with Gasteiger partial charge in [0.1, 0.15) is 11.3 Å². The number of aryl methyl sites for hydroxylation is 1. The first kappa shape index (κ1) is 20.3. The molecule has 7 nitrogen and oxygen atoms in total. The van der Waals surface area contributed by atoms with Crippen molar-refractivity contribution in [2.75, 3.05) is 20.7 Å². The molecule has 1 aromatic heterocycles. The molecule has 7 heteroatoms. The lowest BCUT2D eigenvalue weighted by molar-refractivity contribution is -0.108. The highest BCUT2D eigenvalue weighted by atomic mass is 16.5. The van der Waals surface area contributed by atoms with Gasteiger partial charge in [0.05, 0.1) is 12.7 Å². The smallest absolute Gasteiger partial charge is 0.263 e. The molecule has 2 aromatic rings. The highest BCUT2D eigenvalue weighted by Crippen LogP contribution is 2.61. The SMILES string of the molecule is COc1ccc(C)c([C@@]23Cc4c(cc(C(N)=O)c(=O)n4C)C[C@@]2(O)[C@H]2C(CN2C)C3)c1. The summed E-state index contributed by atoms with van der Waals surface area (Å²) in [5.74, 6) is 0.400. The van der Waals surface area contributed by atoms with E-state index in [0.717, 1.165) is 41.1 Å². The van der Waals surface area contributed by atoms with Crippen LogP contribution in [0.4, 0.5) is 0 Å². The third kappa shape index (κ3) is 2.47. The van der Waals surface area contributed by atoms with Crippen LogP contribution in [0.2, 0.25) is 0 Å². The summed E-state index contributed by atoms with van der Waals surface area (Å²) < 4.78 is 7.08. The van der Waals surface area contributed by atoms with Crippen molar-refractivity contribution >= 4 is 5.91 Å². The molecule has 3 N–H and O–H groups in total. The summed E-state index contributed by atoms with van der Waals surface area (Å²) in [5.41, 5.74) is 7.37. The minimum atomic E-state index is -1.03. The first-order valence-electron chi connectivity index (χ1n) is 10.7. The fourth-order valence-corrected chi connectivity index (χ4v) is 6.80. The molecule has 31 heavy (non-hydrogen) atoms. The molecule has 1 aromatic carbocycles. The van der Waals surface area contributed by atoms with Gasteiger partial charge in [0.25, 0.3) is 11.5 Å². The molecule has 2 aliphatic carbocycles. The van der Waals surface area contributed by atoms with Crippen molar-refractivity contribution in [2.45, 2.75) is 43.2 Å². The van der Waals surface area contributed by atoms with Gasteiger partial charge in [0, 0.05) is 43.6 Å². The van der Waals surface area contributed by atoms with Crippen LogP contribution in [0.1, 0.15) is 39.2 Å². The Kier molecular flexibility index (Phi) is 4.21. The number of rotatable bonds is 3. The number of carbonyl (C=O) groups excluding carboxylic acids is 1. The average molecular weight is 424 g/mol. The van der Waals surface area contributed by atoms with Gasteiger partial charge in [-0.15, -0.1) is 0 Å². The molecule has 3 aliphatic rings. The minimum absolute atomic E-state index is 0.0218. The molecule has 2 fully saturated rings. The molecule has 1 aliphatic heterocycles. The Morgan fingerprint density at radius 2 is 2.00 bits per heavy atom. The number of methoxy groups -OCH3 is 1. The summed E-state index contributed by atoms with van der Waals surface area (Å²) in [4.78, 5) is 26.9. The number of hydrogen-bond donors (Lipinski definition) is 2. The Bertz CT molecular complexity index is 1170. The normalized spacial score (nSPS) is 31.4. The summed E-state index contributed by atoms with van der Waals surface area (Å²) in [6, 6.07) is 7.66. The molecule has 5 rings (SSSR count). The van der Waals surface area contributed by atoms with Gasteiger partial charge >= 0.3 is 0 Å². The van der Waals surface area contributed by atoms with Crippen LogP contribution < -0.4 is 16.0 Å². The fourth-order valence-electron chi connectivity index (χ4n) is 6.80. The molecule has 0 radical (unpaired) electrons. The van der Waals surface area contributed by atoms with Crippen molar-refractivity contribution in [1.82, 2.24) is 9.47 Å². The largest absolute Gasteiger partial charge is 0.497 e. The van der Waals surface area contributed by atoms with Crippen LogP contribution in [0.15, 0.2) is 29.1 Å². The van der Waals surface area contributed by atoms with Gasteiger partial charge in [0.2, 0.25) is 0 Å². The van der Waals surface area contributed by atoms with Crippen LogP contribution in [-0.4, -0.2) is 52.8 Å². The molecule has 0 bridgehead atoms. The van der Waals surface area contributed by atoms with E-state index in [9.17, 15) is 14.7 Å². The van der Waals surface area contributed by atoms with Gasteiger partial charge in [0.15, 0.2) is 0 Å². The molecule has 1 saturated carbocycles. The zero-order valence-corrected chi connectivity index (χ0v) is 18.4. The van der Waals surface area contributed by atoms with Gasteiger partial charge in [-0.3, -0.25) is 14.5 Å². The Morgan fingerprint density at radius 3 is 2.65 bits per heavy atom. The summed E-state index contributed by atoms with van der Waals surface area (Å²) in [6.07, 6.45) is 1.75. The van der Waals surface area contributed by atoms with Crippen molar-refractivity contribution in [1.29, 1.82) is 0 Å². The van der Waals surface area contributed by atoms with Crippen molar-refractivity contribution < 1.29 is 14.6 Å². The summed E-state index contributed by atoms with van der Waals surface area (Å²) in [5, 5.41) is 12.4. The number of pyridine rings is 1. The predicted octanol–water partition coefficient (Wildman–Crippen LogP) is 0.903. The Balaban J connectivity index is 1.78. The maximum atomic E-state index is 12.8. The molecule has 4 atom stereocenters. The maximum absolute atomic E-state index is 12.8. The molecule has 0 spiro atoms. The van der Waals surface area contributed by atoms with Gasteiger partial charge in [-0.05, 0) is 61.2 Å². The first-order valence-corrected chi connectivity index (χ1v) is 10.7. The molecular formula is C24H29N3O4. The minimum Gasteiger partial charge on any atom is -0.497 e. The van der Waals surface area contributed by atoms with E-state index in [2.05, 4.69) is 18.9 Å². The molecule has 1 amide bonds. The van der Waals surface area contributed by atoms with E-state index in [1.807, 2.05) is 18.2 Å². The average Bonchev–Trinajstić information content (AvgIpc) is 2.92. The Labute approximate surface area is 181 Å². The number of aliphatic hydroxyl groups is 1. The predicted molar refractivity (Wildman–Crippen MR) is 116 cm³/mol. The van der Waals surface area contributed by atoms with Crippen LogP contribution in [0.5, 0.6) is 5.75 Å². The van der Waals surface area contributed by atoms with Crippen molar-refractivity contribution in [3.63, 3.8) is 0 Å². The van der Waals surface area contributed by atoms with Gasteiger partial charge in [-0.25, -0.2) is 0 Å². The van der Waals surface area contributed by atoms with E-state index in [-0.39, 0.29) is 17.2 Å². The van der Waals surface area contributed by atoms with Crippen LogP contribution >= 0.6 is 0 Å². The lowest BCUT2D eigenvalue weighted by Gasteiger charge is -2.54. The van der Waals surface area contributed by atoms with Gasteiger partial charge in [-0.2, -0.15) is 0 Å². The topological polar surface area (TPSA) is 97.8 Å². The highest BCUT2D eigenvalue weighted by molar-refractivity contribution is 5.92. The van der Waals surface area contributed by atoms with Gasteiger partial charge in [-0.1, -0.05) is 6.07 Å². The molecule has 1 unspecified atom stereocenters. The number of benzene rings is 1. The second kappa shape index (κ2) is 6.43. The number of amides is 1. The summed E-state index contributed by atoms with van der Waals surface area (Å²) >= 11 is 0. The number of aromatic nitrogens is 1. The lowest BCUT2D eigenvalue weighted by atomic mass is 9.59. The highest BCUT2D eigenvalue weighted by Gasteiger charge is 2.70. The van der Waals surface area contributed by atoms with E-state index in [1.165, 1.54) is 0 Å². The monoisotopic (exact) mass is 423 g/mol. The Morgan fingerprint density at radius 1 is 1.26 bits per heavy atom. The number of fused-ring (bicyclic) bond motifs is 4. The fraction of sp³-hybridized carbons (Fsp3) is 0.500. The number of primary amides is 1. The zero-order valence-electron chi connectivity index (χ0n) is 18.4. The van der Waals surface area contributed by atoms with E-state index in [0.29, 0.717) is 18.8 Å². The van der Waals surface area contributed by atoms with Crippen LogP contribution in [-0.2, 0) is 25.3 Å². The van der Waals surface area contributed by atoms with E-state index >= 15 is 0 Å². The summed E-state index contributed by atoms with van der Waals surface area (Å²) in [6.45, 7) is 3.01. The van der Waals surface area contributed by atoms with Crippen molar-refractivity contribution in [3.05, 3.63) is 62.6 Å². The lowest BCUT2D eigenvalue weighted by Crippen LogP contribution is -2.67. The second-order valence-corrected chi connectivity index (χ2v) is 9.65. The molecular weight excluding hydrogens is 394 g/mol. The third-order valence-corrected chi connectivity index (χ3v) is 8.16. The van der Waals surface area contributed by atoms with E-state index < -0.39 is 16.9 Å². The zero-order chi connectivity index (χ0) is 22.3. The number of likely N-dealkylation sites (tertiary alicyclic amines) is 1. The number of nitrogens with two attached hydrogens (primary N) is 1. The molecule has 1 saturated heterocycles. The third-order valence-electron chi connectivity index (χ3n) is 8.16. The number of nitrogens with zero attached hydrogens (tertiary/aromatic N) is 2. The Hall–Kier alpha value is -2.64. The maximum Gasteiger partial charge on any atom is 0.263 e. The number of carbonyl (C=O) groups is 1. The molecule has 164 valence electrons. The van der Waals surface area contributed by atoms with Gasteiger partial charge < -0.3 is 20.1 Å². The quantitative estimate of drug-likeness (QED) is 0.765. The van der Waals surface area contributed by atoms with E-state index in [4.69, 9.17) is 10.5 Å². The number of likely N-dealkylation sites (N-methyl/N-ethyl adjacent to an activating group) is 1. The molecule has 2 heterocycles. The second-order valence-electron chi connectivity index (χ2n) is 9.65. The van der Waals surface area contributed by atoms with Crippen LogP contribution in [0.3, 0.4) is 0 Å². The summed E-state index contributed by atoms with van der Waals surface area (Å²) in [7, 11) is 5.40. The number of ether oxygens (including phenoxy) is 1. The van der Waals surface area contributed by atoms with Crippen LogP contribution in [0.25, 0.3) is 0 Å².